The lowest BCUT2D eigenvalue weighted by atomic mass is 10.0. The summed E-state index contributed by atoms with van der Waals surface area (Å²) in [5.41, 5.74) is 13.1. The van der Waals surface area contributed by atoms with Crippen LogP contribution >= 0.6 is 0 Å². The molecule has 0 saturated heterocycles. The van der Waals surface area contributed by atoms with E-state index in [2.05, 4.69) is 203 Å². The summed E-state index contributed by atoms with van der Waals surface area (Å²) in [6.45, 7) is 0. The van der Waals surface area contributed by atoms with Gasteiger partial charge in [0.05, 0.1) is 11.0 Å². The van der Waals surface area contributed by atoms with Crippen LogP contribution in [0.2, 0.25) is 0 Å². The van der Waals surface area contributed by atoms with E-state index >= 15 is 0 Å². The molecular weight excluding hydrogens is 685 g/mol. The van der Waals surface area contributed by atoms with Crippen molar-refractivity contribution >= 4 is 49.6 Å². The quantitative estimate of drug-likeness (QED) is 0.180. The van der Waals surface area contributed by atoms with Gasteiger partial charge in [-0.15, -0.1) is 0 Å². The average Bonchev–Trinajstić information content (AvgIpc) is 3.82. The van der Waals surface area contributed by atoms with E-state index in [4.69, 9.17) is 9.41 Å². The number of furan rings is 1. The van der Waals surface area contributed by atoms with Crippen molar-refractivity contribution in [1.29, 1.82) is 0 Å². The summed E-state index contributed by atoms with van der Waals surface area (Å²) in [5, 5.41) is 12.2. The zero-order valence-electron chi connectivity index (χ0n) is 30.4. The first kappa shape index (κ1) is 32.2. The number of rotatable bonds is 6. The molecule has 2 unspecified atom stereocenters. The maximum Gasteiger partial charge on any atom is 0.184 e. The van der Waals surface area contributed by atoms with E-state index in [0.29, 0.717) is 0 Å². The van der Waals surface area contributed by atoms with Crippen molar-refractivity contribution in [3.05, 3.63) is 205 Å². The third-order valence-corrected chi connectivity index (χ3v) is 11.1. The number of benzene rings is 8. The second-order valence-corrected chi connectivity index (χ2v) is 14.5. The summed E-state index contributed by atoms with van der Waals surface area (Å²) in [7, 11) is 0. The number of hydrogen-bond acceptors (Lipinski definition) is 4. The highest BCUT2D eigenvalue weighted by atomic mass is 16.3. The van der Waals surface area contributed by atoms with Crippen molar-refractivity contribution in [3.8, 4) is 33.4 Å². The summed E-state index contributed by atoms with van der Waals surface area (Å²) in [5.74, 6) is 0.843. The maximum absolute atomic E-state index is 6.46. The van der Waals surface area contributed by atoms with Crippen LogP contribution in [0.25, 0.3) is 77.1 Å². The summed E-state index contributed by atoms with van der Waals surface area (Å²) < 4.78 is 8.82. The van der Waals surface area contributed by atoms with E-state index < -0.39 is 0 Å². The number of fused-ring (bicyclic) bond motifs is 6. The van der Waals surface area contributed by atoms with Gasteiger partial charge in [0, 0.05) is 27.1 Å². The second-order valence-electron chi connectivity index (χ2n) is 14.5. The van der Waals surface area contributed by atoms with Crippen molar-refractivity contribution in [2.45, 2.75) is 12.5 Å². The number of aliphatic imine (C=N–C) groups is 1. The summed E-state index contributed by atoms with van der Waals surface area (Å²) >= 11 is 0. The van der Waals surface area contributed by atoms with Crippen LogP contribution in [0, 0.1) is 0 Å². The number of nitrogens with one attached hydrogen (secondary N) is 2. The van der Waals surface area contributed by atoms with Crippen LogP contribution in [0.3, 0.4) is 0 Å². The molecule has 11 rings (SSSR count). The summed E-state index contributed by atoms with van der Waals surface area (Å²) in [6.07, 6.45) is -0.556. The molecule has 1 aliphatic rings. The predicted octanol–water partition coefficient (Wildman–Crippen LogP) is 12.5. The van der Waals surface area contributed by atoms with Crippen molar-refractivity contribution in [3.63, 3.8) is 0 Å². The summed E-state index contributed by atoms with van der Waals surface area (Å²) in [4.78, 5) is 5.41. The molecule has 266 valence electrons. The van der Waals surface area contributed by atoms with Crippen LogP contribution in [-0.2, 0) is 0 Å². The Kier molecular flexibility index (Phi) is 7.64. The molecule has 5 nitrogen and oxygen atoms in total. The Morgan fingerprint density at radius 1 is 0.411 bits per heavy atom. The topological polar surface area (TPSA) is 54.5 Å². The van der Waals surface area contributed by atoms with Crippen LogP contribution in [-0.4, -0.2) is 10.4 Å². The fraction of sp³-hybridized carbons (Fsp3) is 0.0392. The Balaban J connectivity index is 1.03. The molecular formula is C51H36N4O. The SMILES string of the molecule is c1ccc(-c2ccc(C3=NC(n4c5ccccc5c5ccc(-c6ccc7c(c6)oc6ccc(-c8ccccc8)cc67)cc54)NC(c4ccccc4)N3)cc2)cc1. The fourth-order valence-electron chi connectivity index (χ4n) is 8.30. The number of hydrogen-bond donors (Lipinski definition) is 2. The molecule has 0 bridgehead atoms. The zero-order chi connectivity index (χ0) is 37.0. The van der Waals surface area contributed by atoms with Crippen molar-refractivity contribution in [2.75, 3.05) is 0 Å². The molecule has 1 aliphatic heterocycles. The number of amidine groups is 1. The van der Waals surface area contributed by atoms with Crippen LogP contribution < -0.4 is 10.6 Å². The van der Waals surface area contributed by atoms with Gasteiger partial charge in [0.25, 0.3) is 0 Å². The third-order valence-electron chi connectivity index (χ3n) is 11.1. The van der Waals surface area contributed by atoms with Crippen LogP contribution in [0.4, 0.5) is 0 Å². The third kappa shape index (κ3) is 5.56. The monoisotopic (exact) mass is 720 g/mol. The average molecular weight is 721 g/mol. The number of para-hydroxylation sites is 1. The Bertz CT molecular complexity index is 3070. The number of nitrogens with zero attached hydrogens (tertiary/aromatic N) is 2. The minimum absolute atomic E-state index is 0.167. The maximum atomic E-state index is 6.46. The Hall–Kier alpha value is -7.21. The van der Waals surface area contributed by atoms with Crippen LogP contribution in [0.5, 0.6) is 0 Å². The molecule has 56 heavy (non-hydrogen) atoms. The highest BCUT2D eigenvalue weighted by molar-refractivity contribution is 6.10. The van der Waals surface area contributed by atoms with Crippen molar-refractivity contribution in [2.24, 2.45) is 4.99 Å². The van der Waals surface area contributed by atoms with Gasteiger partial charge >= 0.3 is 0 Å². The molecule has 0 aliphatic carbocycles. The first-order valence-corrected chi connectivity index (χ1v) is 19.1. The molecule has 0 fully saturated rings. The van der Waals surface area contributed by atoms with Gasteiger partial charge in [0.1, 0.15) is 23.2 Å². The normalized spacial score (nSPS) is 15.7. The highest BCUT2D eigenvalue weighted by Gasteiger charge is 2.28. The van der Waals surface area contributed by atoms with E-state index in [9.17, 15) is 0 Å². The molecule has 10 aromatic rings. The lowest BCUT2D eigenvalue weighted by Gasteiger charge is -2.33. The van der Waals surface area contributed by atoms with E-state index in [1.807, 2.05) is 6.07 Å². The molecule has 0 radical (unpaired) electrons. The van der Waals surface area contributed by atoms with Gasteiger partial charge in [-0.25, -0.2) is 4.99 Å². The minimum atomic E-state index is -0.389. The molecule has 3 heterocycles. The zero-order valence-corrected chi connectivity index (χ0v) is 30.4. The van der Waals surface area contributed by atoms with E-state index in [0.717, 1.165) is 61.1 Å². The van der Waals surface area contributed by atoms with Gasteiger partial charge < -0.3 is 14.3 Å². The molecule has 2 N–H and O–H groups in total. The lowest BCUT2D eigenvalue weighted by molar-refractivity contribution is 0.341. The van der Waals surface area contributed by atoms with Gasteiger partial charge in [0.2, 0.25) is 0 Å². The highest BCUT2D eigenvalue weighted by Crippen LogP contribution is 2.39. The largest absolute Gasteiger partial charge is 0.456 e. The molecule has 5 heteroatoms. The van der Waals surface area contributed by atoms with Gasteiger partial charge in [0.15, 0.2) is 6.29 Å². The standard InChI is InChI=1S/C51H36N4O/c1-4-12-33(13-5-1)35-20-22-37(23-21-35)50-52-49(36-16-8-3-9-17-36)53-51(54-50)55-45-19-11-10-18-41(45)42-27-24-39(31-46(42)55)40-25-28-43-44-30-38(34-14-6-2-7-15-34)26-29-47(44)56-48(43)32-40/h1-32,49,51,53H,(H,52,54). The lowest BCUT2D eigenvalue weighted by Crippen LogP contribution is -2.46. The molecule has 0 amide bonds. The molecule has 8 aromatic carbocycles. The van der Waals surface area contributed by atoms with E-state index in [1.54, 1.807) is 0 Å². The Morgan fingerprint density at radius 3 is 1.73 bits per heavy atom. The van der Waals surface area contributed by atoms with Gasteiger partial charge in [-0.1, -0.05) is 158 Å². The minimum Gasteiger partial charge on any atom is -0.456 e. The van der Waals surface area contributed by atoms with E-state index in [-0.39, 0.29) is 12.5 Å². The Labute approximate surface area is 324 Å². The fourth-order valence-corrected chi connectivity index (χ4v) is 8.30. The van der Waals surface area contributed by atoms with Crippen molar-refractivity contribution in [1.82, 2.24) is 15.2 Å². The van der Waals surface area contributed by atoms with Gasteiger partial charge in [-0.2, -0.15) is 0 Å². The first-order valence-electron chi connectivity index (χ1n) is 19.1. The van der Waals surface area contributed by atoms with Crippen LogP contribution in [0.15, 0.2) is 204 Å². The first-order chi connectivity index (χ1) is 27.7. The van der Waals surface area contributed by atoms with Gasteiger partial charge in [-0.3, -0.25) is 5.32 Å². The smallest absolute Gasteiger partial charge is 0.184 e. The summed E-state index contributed by atoms with van der Waals surface area (Å²) in [6, 6.07) is 68.7. The number of aromatic nitrogens is 1. The molecule has 0 spiro atoms. The van der Waals surface area contributed by atoms with Crippen LogP contribution in [0.1, 0.15) is 23.6 Å². The van der Waals surface area contributed by atoms with E-state index in [1.165, 1.54) is 33.0 Å². The predicted molar refractivity (Wildman–Crippen MR) is 231 cm³/mol. The van der Waals surface area contributed by atoms with Gasteiger partial charge in [-0.05, 0) is 75.3 Å². The van der Waals surface area contributed by atoms with Crippen molar-refractivity contribution < 1.29 is 4.42 Å². The Morgan fingerprint density at radius 2 is 0.964 bits per heavy atom. The molecule has 2 aromatic heterocycles. The second kappa shape index (κ2) is 13.3. The molecule has 2 atom stereocenters. The molecule has 0 saturated carbocycles.